The minimum Gasteiger partial charge on any atom is -0.489 e. The number of piperidine rings is 1. The standard InChI is InChI=1S/C18H19ClFN3O3/c1-22-16(24)6-5-12(21-22)11-17(25)23-9-7-13(8-10-23)26-15-4-2-3-14(20)18(15)19/h2-6,13H,7-11H2,1H3. The van der Waals surface area contributed by atoms with Crippen molar-refractivity contribution in [1.82, 2.24) is 14.7 Å². The maximum absolute atomic E-state index is 13.5. The summed E-state index contributed by atoms with van der Waals surface area (Å²) >= 11 is 5.91. The molecule has 6 nitrogen and oxygen atoms in total. The predicted octanol–water partition coefficient (Wildman–Crippen LogP) is 2.19. The fourth-order valence-electron chi connectivity index (χ4n) is 2.89. The summed E-state index contributed by atoms with van der Waals surface area (Å²) in [5.41, 5.74) is 0.345. The lowest BCUT2D eigenvalue weighted by atomic mass is 10.1. The van der Waals surface area contributed by atoms with E-state index < -0.39 is 5.82 Å². The van der Waals surface area contributed by atoms with E-state index in [1.165, 1.54) is 16.8 Å². The van der Waals surface area contributed by atoms with E-state index >= 15 is 0 Å². The zero-order valence-electron chi connectivity index (χ0n) is 14.3. The molecule has 3 rings (SSSR count). The number of amides is 1. The number of hydrogen-bond acceptors (Lipinski definition) is 4. The summed E-state index contributed by atoms with van der Waals surface area (Å²) in [4.78, 5) is 25.5. The summed E-state index contributed by atoms with van der Waals surface area (Å²) in [7, 11) is 1.55. The molecule has 0 saturated carbocycles. The molecule has 0 unspecified atom stereocenters. The van der Waals surface area contributed by atoms with Crippen molar-refractivity contribution < 1.29 is 13.9 Å². The van der Waals surface area contributed by atoms with Crippen LogP contribution < -0.4 is 10.3 Å². The molecular formula is C18H19ClFN3O3. The van der Waals surface area contributed by atoms with Crippen molar-refractivity contribution in [2.75, 3.05) is 13.1 Å². The third kappa shape index (κ3) is 4.22. The molecule has 0 radical (unpaired) electrons. The average molecular weight is 380 g/mol. The van der Waals surface area contributed by atoms with Gasteiger partial charge in [-0.2, -0.15) is 5.10 Å². The highest BCUT2D eigenvalue weighted by atomic mass is 35.5. The van der Waals surface area contributed by atoms with Gasteiger partial charge in [-0.1, -0.05) is 17.7 Å². The van der Waals surface area contributed by atoms with Gasteiger partial charge in [-0.3, -0.25) is 9.59 Å². The maximum atomic E-state index is 13.5. The summed E-state index contributed by atoms with van der Waals surface area (Å²) in [6.45, 7) is 1.09. The van der Waals surface area contributed by atoms with Gasteiger partial charge in [0.25, 0.3) is 5.56 Å². The first kappa shape index (κ1) is 18.4. The second-order valence-electron chi connectivity index (χ2n) is 6.21. The number of halogens is 2. The smallest absolute Gasteiger partial charge is 0.266 e. The van der Waals surface area contributed by atoms with Crippen LogP contribution in [-0.4, -0.2) is 39.8 Å². The summed E-state index contributed by atoms with van der Waals surface area (Å²) < 4.78 is 20.5. The maximum Gasteiger partial charge on any atom is 0.266 e. The molecular weight excluding hydrogens is 361 g/mol. The minimum absolute atomic E-state index is 0.0215. The molecule has 1 aromatic carbocycles. The van der Waals surface area contributed by atoms with Crippen LogP contribution in [0.2, 0.25) is 5.02 Å². The largest absolute Gasteiger partial charge is 0.489 e. The van der Waals surface area contributed by atoms with Crippen LogP contribution in [0.1, 0.15) is 18.5 Å². The van der Waals surface area contributed by atoms with Crippen LogP contribution in [0.5, 0.6) is 5.75 Å². The van der Waals surface area contributed by atoms with E-state index in [0.29, 0.717) is 37.4 Å². The summed E-state index contributed by atoms with van der Waals surface area (Å²) in [5, 5.41) is 4.06. The van der Waals surface area contributed by atoms with E-state index in [0.717, 1.165) is 0 Å². The van der Waals surface area contributed by atoms with Crippen LogP contribution in [0, 0.1) is 5.82 Å². The summed E-state index contributed by atoms with van der Waals surface area (Å²) in [6.07, 6.45) is 1.31. The van der Waals surface area contributed by atoms with Gasteiger partial charge in [0.2, 0.25) is 5.91 Å². The molecule has 138 valence electrons. The zero-order chi connectivity index (χ0) is 18.7. The molecule has 0 aliphatic carbocycles. The number of nitrogens with zero attached hydrogens (tertiary/aromatic N) is 3. The quantitative estimate of drug-likeness (QED) is 0.816. The van der Waals surface area contributed by atoms with Crippen LogP contribution in [0.15, 0.2) is 35.1 Å². The van der Waals surface area contributed by atoms with Crippen molar-refractivity contribution in [3.63, 3.8) is 0 Å². The van der Waals surface area contributed by atoms with Crippen LogP contribution in [0.25, 0.3) is 0 Å². The molecule has 8 heteroatoms. The summed E-state index contributed by atoms with van der Waals surface area (Å²) in [6, 6.07) is 7.44. The van der Waals surface area contributed by atoms with Gasteiger partial charge in [-0.15, -0.1) is 0 Å². The van der Waals surface area contributed by atoms with E-state index in [9.17, 15) is 14.0 Å². The Balaban J connectivity index is 1.54. The van der Waals surface area contributed by atoms with Gasteiger partial charge < -0.3 is 9.64 Å². The molecule has 1 aromatic heterocycles. The molecule has 26 heavy (non-hydrogen) atoms. The number of ether oxygens (including phenoxy) is 1. The van der Waals surface area contributed by atoms with E-state index in [1.807, 2.05) is 0 Å². The Morgan fingerprint density at radius 1 is 1.31 bits per heavy atom. The lowest BCUT2D eigenvalue weighted by Crippen LogP contribution is -2.42. The number of aromatic nitrogens is 2. The minimum atomic E-state index is -0.512. The zero-order valence-corrected chi connectivity index (χ0v) is 15.1. The second-order valence-corrected chi connectivity index (χ2v) is 6.59. The number of hydrogen-bond donors (Lipinski definition) is 0. The highest BCUT2D eigenvalue weighted by molar-refractivity contribution is 6.32. The molecule has 2 heterocycles. The fourth-order valence-corrected chi connectivity index (χ4v) is 3.06. The normalized spacial score (nSPS) is 15.1. The number of benzene rings is 1. The van der Waals surface area contributed by atoms with Gasteiger partial charge in [0, 0.05) is 39.0 Å². The molecule has 0 spiro atoms. The number of carbonyl (C=O) groups excluding carboxylic acids is 1. The summed E-state index contributed by atoms with van der Waals surface area (Å²) in [5.74, 6) is -0.231. The Bertz CT molecular complexity index is 863. The molecule has 0 bridgehead atoms. The SMILES string of the molecule is Cn1nc(CC(=O)N2CCC(Oc3cccc(F)c3Cl)CC2)ccc1=O. The molecule has 2 aromatic rings. The molecule has 1 fully saturated rings. The monoisotopic (exact) mass is 379 g/mol. The highest BCUT2D eigenvalue weighted by Gasteiger charge is 2.25. The molecule has 0 N–H and O–H groups in total. The first-order chi connectivity index (χ1) is 12.4. The third-order valence-electron chi connectivity index (χ3n) is 4.35. The Morgan fingerprint density at radius 2 is 2.04 bits per heavy atom. The molecule has 1 saturated heterocycles. The van der Waals surface area contributed by atoms with Crippen molar-refractivity contribution >= 4 is 17.5 Å². The van der Waals surface area contributed by atoms with Gasteiger partial charge in [0.15, 0.2) is 0 Å². The molecule has 1 amide bonds. The number of rotatable bonds is 4. The fraction of sp³-hybridized carbons (Fsp3) is 0.389. The average Bonchev–Trinajstić information content (AvgIpc) is 2.63. The number of aryl methyl sites for hydroxylation is 1. The number of carbonyl (C=O) groups is 1. The van der Waals surface area contributed by atoms with E-state index in [-0.39, 0.29) is 29.0 Å². The van der Waals surface area contributed by atoms with Gasteiger partial charge in [-0.25, -0.2) is 9.07 Å². The Labute approximate surface area is 155 Å². The number of likely N-dealkylation sites (tertiary alicyclic amines) is 1. The lowest BCUT2D eigenvalue weighted by molar-refractivity contribution is -0.132. The lowest BCUT2D eigenvalue weighted by Gasteiger charge is -2.32. The van der Waals surface area contributed by atoms with Crippen molar-refractivity contribution in [1.29, 1.82) is 0 Å². The predicted molar refractivity (Wildman–Crippen MR) is 94.8 cm³/mol. The van der Waals surface area contributed by atoms with Crippen LogP contribution in [0.3, 0.4) is 0 Å². The van der Waals surface area contributed by atoms with Gasteiger partial charge in [-0.05, 0) is 18.2 Å². The highest BCUT2D eigenvalue weighted by Crippen LogP contribution is 2.29. The van der Waals surface area contributed by atoms with Crippen LogP contribution in [0.4, 0.5) is 4.39 Å². The van der Waals surface area contributed by atoms with Crippen LogP contribution >= 0.6 is 11.6 Å². The van der Waals surface area contributed by atoms with Crippen LogP contribution in [-0.2, 0) is 18.3 Å². The van der Waals surface area contributed by atoms with Crippen molar-refractivity contribution in [3.8, 4) is 5.75 Å². The first-order valence-electron chi connectivity index (χ1n) is 8.35. The third-order valence-corrected chi connectivity index (χ3v) is 4.72. The van der Waals surface area contributed by atoms with Crippen molar-refractivity contribution in [2.45, 2.75) is 25.4 Å². The van der Waals surface area contributed by atoms with E-state index in [1.54, 1.807) is 30.1 Å². The van der Waals surface area contributed by atoms with E-state index in [2.05, 4.69) is 5.10 Å². The first-order valence-corrected chi connectivity index (χ1v) is 8.73. The van der Waals surface area contributed by atoms with Crippen molar-refractivity contribution in [2.24, 2.45) is 7.05 Å². The Kier molecular flexibility index (Phi) is 5.56. The van der Waals surface area contributed by atoms with Gasteiger partial charge in [0.05, 0.1) is 12.1 Å². The Morgan fingerprint density at radius 3 is 2.73 bits per heavy atom. The van der Waals surface area contributed by atoms with Gasteiger partial charge >= 0.3 is 0 Å². The van der Waals surface area contributed by atoms with Gasteiger partial charge in [0.1, 0.15) is 22.7 Å². The topological polar surface area (TPSA) is 64.4 Å². The molecule has 1 aliphatic rings. The molecule has 1 aliphatic heterocycles. The van der Waals surface area contributed by atoms with Crippen molar-refractivity contribution in [3.05, 3.63) is 57.2 Å². The van der Waals surface area contributed by atoms with E-state index in [4.69, 9.17) is 16.3 Å². The molecule has 0 atom stereocenters. The Hall–Kier alpha value is -2.41. The second kappa shape index (κ2) is 7.86.